The van der Waals surface area contributed by atoms with Gasteiger partial charge in [0.1, 0.15) is 0 Å². The first-order valence-corrected chi connectivity index (χ1v) is 8.15. The average molecular weight is 332 g/mol. The van der Waals surface area contributed by atoms with Crippen molar-refractivity contribution in [3.8, 4) is 0 Å². The van der Waals surface area contributed by atoms with E-state index in [9.17, 15) is 14.4 Å². The van der Waals surface area contributed by atoms with Gasteiger partial charge in [-0.2, -0.15) is 0 Å². The quantitative estimate of drug-likeness (QED) is 0.715. The monoisotopic (exact) mass is 332 g/mol. The second-order valence-corrected chi connectivity index (χ2v) is 6.94. The van der Waals surface area contributed by atoms with Crippen LogP contribution in [-0.4, -0.2) is 29.4 Å². The van der Waals surface area contributed by atoms with Crippen LogP contribution in [0.1, 0.15) is 49.0 Å². The SMILES string of the molecule is Cc1cc(C(=O)NCC2(C(=O)O)CC2)ccc1NC(=O)CC(C)C. The fourth-order valence-corrected chi connectivity index (χ4v) is 2.49. The smallest absolute Gasteiger partial charge is 0.311 e. The van der Waals surface area contributed by atoms with Crippen LogP contribution >= 0.6 is 0 Å². The van der Waals surface area contributed by atoms with Crippen LogP contribution in [-0.2, 0) is 9.59 Å². The van der Waals surface area contributed by atoms with Crippen molar-refractivity contribution in [3.05, 3.63) is 29.3 Å². The number of amides is 2. The number of carbonyl (C=O) groups is 3. The minimum Gasteiger partial charge on any atom is -0.481 e. The van der Waals surface area contributed by atoms with E-state index in [1.807, 2.05) is 20.8 Å². The van der Waals surface area contributed by atoms with Gasteiger partial charge in [-0.1, -0.05) is 13.8 Å². The number of rotatable bonds is 7. The number of benzene rings is 1. The van der Waals surface area contributed by atoms with E-state index >= 15 is 0 Å². The minimum absolute atomic E-state index is 0.0533. The highest BCUT2D eigenvalue weighted by molar-refractivity contribution is 5.97. The molecule has 3 N–H and O–H groups in total. The highest BCUT2D eigenvalue weighted by Gasteiger charge is 2.50. The molecule has 1 aromatic carbocycles. The van der Waals surface area contributed by atoms with Crippen molar-refractivity contribution in [2.45, 2.75) is 40.0 Å². The lowest BCUT2D eigenvalue weighted by molar-refractivity contribution is -0.143. The van der Waals surface area contributed by atoms with Gasteiger partial charge in [-0.15, -0.1) is 0 Å². The number of carboxylic acid groups (broad SMARTS) is 1. The third-order valence-electron chi connectivity index (χ3n) is 4.25. The number of nitrogens with one attached hydrogen (secondary N) is 2. The fourth-order valence-electron chi connectivity index (χ4n) is 2.49. The van der Waals surface area contributed by atoms with Crippen LogP contribution in [0.3, 0.4) is 0 Å². The van der Waals surface area contributed by atoms with Crippen LogP contribution in [0.25, 0.3) is 0 Å². The van der Waals surface area contributed by atoms with Crippen LogP contribution in [0, 0.1) is 18.3 Å². The zero-order chi connectivity index (χ0) is 17.9. The van der Waals surface area contributed by atoms with Gasteiger partial charge in [0.25, 0.3) is 5.91 Å². The van der Waals surface area contributed by atoms with Crippen LogP contribution < -0.4 is 10.6 Å². The van der Waals surface area contributed by atoms with Crippen molar-refractivity contribution in [1.82, 2.24) is 5.32 Å². The number of carbonyl (C=O) groups excluding carboxylic acids is 2. The minimum atomic E-state index is -0.859. The standard InChI is InChI=1S/C18H24N2O4/c1-11(2)8-15(21)20-14-5-4-13(9-12(14)3)16(22)19-10-18(6-7-18)17(23)24/h4-5,9,11H,6-8,10H2,1-3H3,(H,19,22)(H,20,21)(H,23,24). The van der Waals surface area contributed by atoms with Crippen LogP contribution in [0.2, 0.25) is 0 Å². The number of aryl methyl sites for hydroxylation is 1. The zero-order valence-corrected chi connectivity index (χ0v) is 14.3. The van der Waals surface area contributed by atoms with E-state index in [1.54, 1.807) is 18.2 Å². The summed E-state index contributed by atoms with van der Waals surface area (Å²) in [7, 11) is 0. The largest absolute Gasteiger partial charge is 0.481 e. The highest BCUT2D eigenvalue weighted by Crippen LogP contribution is 2.45. The lowest BCUT2D eigenvalue weighted by Crippen LogP contribution is -2.34. The summed E-state index contributed by atoms with van der Waals surface area (Å²) in [5.74, 6) is -0.936. The van der Waals surface area contributed by atoms with Crippen molar-refractivity contribution in [1.29, 1.82) is 0 Å². The van der Waals surface area contributed by atoms with Gasteiger partial charge in [0.2, 0.25) is 5.91 Å². The Morgan fingerprint density at radius 2 is 1.92 bits per heavy atom. The van der Waals surface area contributed by atoms with Gasteiger partial charge in [-0.05, 0) is 49.4 Å². The molecule has 24 heavy (non-hydrogen) atoms. The summed E-state index contributed by atoms with van der Waals surface area (Å²) in [5.41, 5.74) is 1.14. The van der Waals surface area contributed by atoms with Crippen molar-refractivity contribution in [2.24, 2.45) is 11.3 Å². The Balaban J connectivity index is 1.97. The molecule has 0 unspecified atom stereocenters. The molecule has 1 saturated carbocycles. The van der Waals surface area contributed by atoms with E-state index < -0.39 is 11.4 Å². The normalized spacial score (nSPS) is 15.0. The number of aliphatic carboxylic acids is 1. The molecule has 1 aliphatic carbocycles. The van der Waals surface area contributed by atoms with Crippen LogP contribution in [0.4, 0.5) is 5.69 Å². The average Bonchev–Trinajstić information content (AvgIpc) is 3.27. The summed E-state index contributed by atoms with van der Waals surface area (Å²) >= 11 is 0. The molecule has 130 valence electrons. The molecular formula is C18H24N2O4. The lowest BCUT2D eigenvalue weighted by Gasteiger charge is -2.13. The molecule has 1 aliphatic rings. The predicted molar refractivity (Wildman–Crippen MR) is 90.9 cm³/mol. The van der Waals surface area contributed by atoms with Gasteiger partial charge >= 0.3 is 5.97 Å². The molecule has 0 spiro atoms. The van der Waals surface area contributed by atoms with Gasteiger partial charge in [0.15, 0.2) is 0 Å². The molecule has 0 radical (unpaired) electrons. The maximum Gasteiger partial charge on any atom is 0.311 e. The van der Waals surface area contributed by atoms with Crippen molar-refractivity contribution in [2.75, 3.05) is 11.9 Å². The molecule has 2 rings (SSSR count). The van der Waals surface area contributed by atoms with Gasteiger partial charge in [-0.25, -0.2) is 0 Å². The summed E-state index contributed by atoms with van der Waals surface area (Å²) < 4.78 is 0. The first kappa shape index (κ1) is 18.0. The Morgan fingerprint density at radius 1 is 1.25 bits per heavy atom. The van der Waals surface area contributed by atoms with E-state index in [2.05, 4.69) is 10.6 Å². The highest BCUT2D eigenvalue weighted by atomic mass is 16.4. The summed E-state index contributed by atoms with van der Waals surface area (Å²) in [4.78, 5) is 35.1. The van der Waals surface area contributed by atoms with E-state index in [1.165, 1.54) is 0 Å². The Labute approximate surface area is 141 Å². The first-order valence-electron chi connectivity index (χ1n) is 8.15. The second-order valence-electron chi connectivity index (χ2n) is 6.94. The van der Waals surface area contributed by atoms with E-state index in [0.29, 0.717) is 30.5 Å². The maximum absolute atomic E-state index is 12.2. The Kier molecular flexibility index (Phi) is 5.26. The molecule has 0 atom stereocenters. The third-order valence-corrected chi connectivity index (χ3v) is 4.25. The van der Waals surface area contributed by atoms with Gasteiger partial charge in [-0.3, -0.25) is 14.4 Å². The number of hydrogen-bond acceptors (Lipinski definition) is 3. The third kappa shape index (κ3) is 4.34. The molecule has 0 bridgehead atoms. The molecule has 0 saturated heterocycles. The molecule has 6 nitrogen and oxygen atoms in total. The second kappa shape index (κ2) is 7.03. The van der Waals surface area contributed by atoms with E-state index in [4.69, 9.17) is 5.11 Å². The van der Waals surface area contributed by atoms with Gasteiger partial charge in [0, 0.05) is 24.2 Å². The predicted octanol–water partition coefficient (Wildman–Crippen LogP) is 2.57. The molecular weight excluding hydrogens is 308 g/mol. The number of carboxylic acids is 1. The zero-order valence-electron chi connectivity index (χ0n) is 14.3. The molecule has 0 aromatic heterocycles. The number of anilines is 1. The van der Waals surface area contributed by atoms with E-state index in [-0.39, 0.29) is 24.3 Å². The Bertz CT molecular complexity index is 663. The summed E-state index contributed by atoms with van der Waals surface area (Å²) in [5, 5.41) is 14.7. The Hall–Kier alpha value is -2.37. The molecule has 1 aromatic rings. The first-order chi connectivity index (χ1) is 11.2. The fraction of sp³-hybridized carbons (Fsp3) is 0.500. The summed E-state index contributed by atoms with van der Waals surface area (Å²) in [6, 6.07) is 5.03. The molecule has 6 heteroatoms. The molecule has 0 aliphatic heterocycles. The Morgan fingerprint density at radius 3 is 2.42 bits per heavy atom. The van der Waals surface area contributed by atoms with Crippen molar-refractivity contribution in [3.63, 3.8) is 0 Å². The maximum atomic E-state index is 12.2. The summed E-state index contributed by atoms with van der Waals surface area (Å²) in [6.45, 7) is 5.92. The summed E-state index contributed by atoms with van der Waals surface area (Å²) in [6.07, 6.45) is 1.64. The number of hydrogen-bond donors (Lipinski definition) is 3. The van der Waals surface area contributed by atoms with E-state index in [0.717, 1.165) is 5.56 Å². The van der Waals surface area contributed by atoms with Gasteiger partial charge in [0.05, 0.1) is 5.41 Å². The van der Waals surface area contributed by atoms with Crippen molar-refractivity contribution < 1.29 is 19.5 Å². The molecule has 2 amide bonds. The molecule has 1 fully saturated rings. The molecule has 0 heterocycles. The topological polar surface area (TPSA) is 95.5 Å². The van der Waals surface area contributed by atoms with Gasteiger partial charge < -0.3 is 15.7 Å². The van der Waals surface area contributed by atoms with Crippen molar-refractivity contribution >= 4 is 23.5 Å². The van der Waals surface area contributed by atoms with Crippen LogP contribution in [0.5, 0.6) is 0 Å². The lowest BCUT2D eigenvalue weighted by atomic mass is 10.1. The van der Waals surface area contributed by atoms with Crippen LogP contribution in [0.15, 0.2) is 18.2 Å².